The highest BCUT2D eigenvalue weighted by atomic mass is 15.0. The number of pyridine rings is 5. The molecule has 3 fully saturated rings. The zero-order valence-electron chi connectivity index (χ0n) is 78.2. The van der Waals surface area contributed by atoms with E-state index in [4.69, 9.17) is 11.0 Å². The van der Waals surface area contributed by atoms with Crippen LogP contribution in [0.4, 0.5) is 0 Å². The van der Waals surface area contributed by atoms with Crippen LogP contribution in [0.5, 0.6) is 0 Å². The number of hydrogen-bond donors (Lipinski definition) is 0. The Bertz CT molecular complexity index is 5620. The minimum Gasteiger partial charge on any atom is -0.201 e. The van der Waals surface area contributed by atoms with Crippen LogP contribution in [-0.2, 0) is 56.9 Å². The molecule has 0 saturated heterocycles. The molecule has 0 N–H and O–H groups in total. The maximum absolute atomic E-state index is 9.36. The number of hydrogen-bond acceptors (Lipinski definition) is 0. The van der Waals surface area contributed by atoms with Crippen LogP contribution in [0.15, 0.2) is 158 Å². The van der Waals surface area contributed by atoms with Crippen LogP contribution >= 0.6 is 0 Å². The number of aromatic nitrogens is 5. The first-order valence-electron chi connectivity index (χ1n) is 44.5. The fourth-order valence-electron chi connectivity index (χ4n) is 20.9. The molecule has 0 aliphatic heterocycles. The lowest BCUT2D eigenvalue weighted by Crippen LogP contribution is -2.40. The maximum atomic E-state index is 9.36. The van der Waals surface area contributed by atoms with Gasteiger partial charge in [-0.25, -0.2) is 22.8 Å². The molecule has 5 aromatic heterocycles. The standard InChI is InChI=1S/C21H26N.2C21H28N.2C19H22N/c1-13-6-7-15(14(2)12-13)20-19-16(10-11-22(20)5)17-8-9-18(19)21(17,3)4;1-14-8-9-16(15(2)12-14)19-18-17(10-11-22(19)7)20(3,4)13-21(18,5)6;1-15-9-7-8-10-16(15)19-13-17-18(14-22(19)6)21(4,5)12-11-20(17,2)3;2*1-12-4-7-16(13(2)10-12)19-18-15-6-5-14(11-15)17(18)8-9-20(19)3/h6-7,10-12,17-18H,8-9H2,1-5H3;8-12H,13H2,1-7H3;7-10,13-14H,11-12H2,1-6H3;2*4,7-10,14-15H,5-6,11H2,1-3H3/q5*+1/i1D3,17D,18D;;;1D3,14D,15D;. The molecule has 10 aromatic rings. The minimum atomic E-state index is -2.13. The summed E-state index contributed by atoms with van der Waals surface area (Å²) in [5.74, 6) is -1.28. The molecule has 5 heterocycles. The van der Waals surface area contributed by atoms with Gasteiger partial charge in [0.1, 0.15) is 35.2 Å². The van der Waals surface area contributed by atoms with Gasteiger partial charge in [-0.05, 0) is 281 Å². The van der Waals surface area contributed by atoms with Crippen molar-refractivity contribution in [3.63, 3.8) is 0 Å². The van der Waals surface area contributed by atoms with Crippen LogP contribution in [0.2, 0.25) is 0 Å². The summed E-state index contributed by atoms with van der Waals surface area (Å²) >= 11 is 0. The molecular weight excluding hydrogens is 1280 g/mol. The Balaban J connectivity index is 0.000000120. The van der Waals surface area contributed by atoms with Crippen molar-refractivity contribution >= 4 is 0 Å². The summed E-state index contributed by atoms with van der Waals surface area (Å²) in [5, 5.41) is 0. The largest absolute Gasteiger partial charge is 0.216 e. The van der Waals surface area contributed by atoms with Crippen molar-refractivity contribution in [3.05, 3.63) is 264 Å². The van der Waals surface area contributed by atoms with Gasteiger partial charge < -0.3 is 0 Å². The van der Waals surface area contributed by atoms with Gasteiger partial charge >= 0.3 is 0 Å². The topological polar surface area (TPSA) is 19.4 Å². The van der Waals surface area contributed by atoms with Crippen LogP contribution in [0.25, 0.3) is 56.3 Å². The Kier molecular flexibility index (Phi) is 16.5. The van der Waals surface area contributed by atoms with E-state index in [2.05, 4.69) is 222 Å². The fourth-order valence-corrected chi connectivity index (χ4v) is 20.9. The molecule has 5 aromatic carbocycles. The van der Waals surface area contributed by atoms with Crippen molar-refractivity contribution in [1.29, 1.82) is 0 Å². The summed E-state index contributed by atoms with van der Waals surface area (Å²) in [7, 11) is 10.5. The molecule has 6 unspecified atom stereocenters. The number of nitrogens with zero attached hydrogens (tertiary/aromatic N) is 5. The molecule has 106 heavy (non-hydrogen) atoms. The van der Waals surface area contributed by atoms with Gasteiger partial charge in [0.25, 0.3) is 0 Å². The zero-order valence-corrected chi connectivity index (χ0v) is 68.2. The van der Waals surface area contributed by atoms with Crippen molar-refractivity contribution in [1.82, 2.24) is 0 Å². The predicted octanol–water partition coefficient (Wildman–Crippen LogP) is 22.7. The lowest BCUT2D eigenvalue weighted by Gasteiger charge is -2.40. The molecule has 8 aliphatic rings. The van der Waals surface area contributed by atoms with E-state index in [1.807, 2.05) is 87.6 Å². The van der Waals surface area contributed by atoms with E-state index in [0.717, 1.165) is 74.2 Å². The number of rotatable bonds is 5. The van der Waals surface area contributed by atoms with Gasteiger partial charge in [0.2, 0.25) is 28.5 Å². The first-order chi connectivity index (χ1) is 53.9. The molecule has 550 valence electrons. The Morgan fingerprint density at radius 1 is 0.358 bits per heavy atom. The van der Waals surface area contributed by atoms with Crippen LogP contribution in [-0.4, -0.2) is 0 Å². The average Bonchev–Trinajstić information content (AvgIpc) is 1.49. The van der Waals surface area contributed by atoms with E-state index in [0.29, 0.717) is 36.8 Å². The molecule has 6 atom stereocenters. The average molecular weight is 1420 g/mol. The lowest BCUT2D eigenvalue weighted by molar-refractivity contribution is -0.661. The maximum Gasteiger partial charge on any atom is 0.216 e. The van der Waals surface area contributed by atoms with Crippen LogP contribution < -0.4 is 22.8 Å². The molecule has 0 spiro atoms. The van der Waals surface area contributed by atoms with Crippen LogP contribution in [0.3, 0.4) is 0 Å². The van der Waals surface area contributed by atoms with Gasteiger partial charge in [-0.3, -0.25) is 0 Å². The molecule has 8 aliphatic carbocycles. The molecule has 0 radical (unpaired) electrons. The molecule has 18 rings (SSSR count). The predicted molar refractivity (Wildman–Crippen MR) is 441 cm³/mol. The second-order valence-corrected chi connectivity index (χ2v) is 36.3. The summed E-state index contributed by atoms with van der Waals surface area (Å²) in [5.41, 5.74) is 35.1. The third-order valence-electron chi connectivity index (χ3n) is 26.4. The summed E-state index contributed by atoms with van der Waals surface area (Å²) in [6.45, 7) is 33.8. The zero-order chi connectivity index (χ0) is 84.4. The van der Waals surface area contributed by atoms with Crippen LogP contribution in [0.1, 0.15) is 295 Å². The minimum absolute atomic E-state index is 0.213. The summed E-state index contributed by atoms with van der Waals surface area (Å²) in [4.78, 5) is 0. The number of fused-ring (bicyclic) bond motifs is 17. The number of aryl methyl sites for hydroxylation is 14. The molecule has 5 nitrogen and oxygen atoms in total. The van der Waals surface area contributed by atoms with Crippen molar-refractivity contribution in [2.45, 2.75) is 259 Å². The Labute approximate surface area is 653 Å². The SMILES string of the molecule is Cc1ccc(-c2c3c(cc[n+]2C)C(C)(C)CC3(C)C)c(C)c1.Cc1ccc(-c2c3c(cc[n+]2C)C2CCC3C2)c(C)c1.Cc1ccccc1-c1cc2c(c[n+]1C)C(C)(C)CCC2(C)C.[2H]C([2H])([2H])c1ccc(-c2c3c(cc[n+]2C)C2([2H])CCC3([2H])C2(C)C)c(C)c1.[2H]C([2H])([2H])c1ccc(-c2c3c(cc[n+]2C)C2([2H])CCC3([2H])C2)c(C)c1. The monoisotopic (exact) mass is 1420 g/mol. The second-order valence-electron chi connectivity index (χ2n) is 36.3. The van der Waals surface area contributed by atoms with E-state index in [-0.39, 0.29) is 21.7 Å². The van der Waals surface area contributed by atoms with Crippen LogP contribution in [0, 0.1) is 67.6 Å². The second kappa shape index (κ2) is 27.8. The first kappa shape index (κ1) is 62.8. The molecular formula is C101H126N5+5. The molecule has 0 amide bonds. The van der Waals surface area contributed by atoms with Gasteiger partial charge in [0.05, 0.1) is 0 Å². The highest BCUT2D eigenvalue weighted by Crippen LogP contribution is 2.66. The quantitative estimate of drug-likeness (QED) is 0.153. The lowest BCUT2D eigenvalue weighted by atomic mass is 9.63. The van der Waals surface area contributed by atoms with Gasteiger partial charge in [0.15, 0.2) is 31.0 Å². The van der Waals surface area contributed by atoms with Gasteiger partial charge in [-0.2, -0.15) is 0 Å². The summed E-state index contributed by atoms with van der Waals surface area (Å²) < 4.78 is 93.0. The highest BCUT2D eigenvalue weighted by molar-refractivity contribution is 5.73. The number of benzene rings is 5. The molecule has 5 heteroatoms. The normalized spacial score (nSPS) is 25.9. The van der Waals surface area contributed by atoms with E-state index < -0.39 is 42.7 Å². The molecule has 3 saturated carbocycles. The Morgan fingerprint density at radius 2 is 0.830 bits per heavy atom. The Morgan fingerprint density at radius 3 is 1.41 bits per heavy atom. The van der Waals surface area contributed by atoms with E-state index in [9.17, 15) is 2.74 Å². The van der Waals surface area contributed by atoms with Gasteiger partial charge in [-0.15, -0.1) is 0 Å². The van der Waals surface area contributed by atoms with E-state index in [1.165, 1.54) is 122 Å². The molecule has 6 bridgehead atoms. The third kappa shape index (κ3) is 13.3. The summed E-state index contributed by atoms with van der Waals surface area (Å²) in [6, 6.07) is 44.0. The smallest absolute Gasteiger partial charge is 0.201 e. The Hall–Kier alpha value is -8.15. The van der Waals surface area contributed by atoms with Gasteiger partial charge in [-0.1, -0.05) is 158 Å². The third-order valence-corrected chi connectivity index (χ3v) is 26.4. The first-order valence-corrected chi connectivity index (χ1v) is 39.5. The van der Waals surface area contributed by atoms with Crippen molar-refractivity contribution < 1.29 is 36.5 Å². The van der Waals surface area contributed by atoms with E-state index >= 15 is 0 Å². The van der Waals surface area contributed by atoms with E-state index in [1.54, 1.807) is 35.4 Å². The van der Waals surface area contributed by atoms with Crippen molar-refractivity contribution in [3.8, 4) is 56.3 Å². The van der Waals surface area contributed by atoms with Gasteiger partial charge in [0, 0.05) is 99.7 Å². The highest BCUT2D eigenvalue weighted by Gasteiger charge is 2.55. The van der Waals surface area contributed by atoms with Crippen molar-refractivity contribution in [2.75, 3.05) is 0 Å². The van der Waals surface area contributed by atoms with Crippen molar-refractivity contribution in [2.24, 2.45) is 40.7 Å². The fraction of sp³-hybridized carbons (Fsp3) is 0.455. The summed E-state index contributed by atoms with van der Waals surface area (Å²) in [6.07, 6.45) is 22.1.